The molecule has 9 heteroatoms. The van der Waals surface area contributed by atoms with E-state index in [4.69, 9.17) is 9.26 Å². The maximum atomic E-state index is 13.6. The number of hydrogen-bond donors (Lipinski definition) is 0. The van der Waals surface area contributed by atoms with Crippen molar-refractivity contribution in [2.24, 2.45) is 0 Å². The summed E-state index contributed by atoms with van der Waals surface area (Å²) in [7, 11) is 0. The third-order valence-corrected chi connectivity index (χ3v) is 5.97. The van der Waals surface area contributed by atoms with Crippen molar-refractivity contribution in [2.45, 2.75) is 25.3 Å². The summed E-state index contributed by atoms with van der Waals surface area (Å²) < 4.78 is 14.5. The number of imidazole rings is 1. The minimum absolute atomic E-state index is 0.0905. The third-order valence-electron chi connectivity index (χ3n) is 5.97. The van der Waals surface area contributed by atoms with E-state index < -0.39 is 0 Å². The summed E-state index contributed by atoms with van der Waals surface area (Å²) in [4.78, 5) is 24.9. The molecule has 0 N–H and O–H groups in total. The van der Waals surface area contributed by atoms with Crippen molar-refractivity contribution in [2.75, 3.05) is 32.8 Å². The lowest BCUT2D eigenvalue weighted by atomic mass is 10.2. The van der Waals surface area contributed by atoms with Crippen LogP contribution in [0.1, 0.15) is 24.7 Å². The predicted octanol–water partition coefficient (Wildman–Crippen LogP) is 1.91. The highest BCUT2D eigenvalue weighted by atomic mass is 16.5. The van der Waals surface area contributed by atoms with Gasteiger partial charge in [0, 0.05) is 32.1 Å². The first-order valence-electron chi connectivity index (χ1n) is 10.4. The fourth-order valence-corrected chi connectivity index (χ4v) is 4.15. The highest BCUT2D eigenvalue weighted by Crippen LogP contribution is 2.39. The Morgan fingerprint density at radius 1 is 1.07 bits per heavy atom. The van der Waals surface area contributed by atoms with Crippen LogP contribution >= 0.6 is 0 Å². The Morgan fingerprint density at radius 2 is 1.87 bits per heavy atom. The Balaban J connectivity index is 1.47. The summed E-state index contributed by atoms with van der Waals surface area (Å²) >= 11 is 0. The SMILES string of the molecule is O=c1c2c(-c3noc(C4CC4)n3)ncn2c2ccccc2n1CCN1CCOCC1. The number of aromatic nitrogens is 5. The zero-order valence-corrected chi connectivity index (χ0v) is 16.5. The van der Waals surface area contributed by atoms with Crippen molar-refractivity contribution in [3.05, 3.63) is 46.8 Å². The second-order valence-electron chi connectivity index (χ2n) is 7.94. The van der Waals surface area contributed by atoms with Gasteiger partial charge in [-0.15, -0.1) is 0 Å². The van der Waals surface area contributed by atoms with Gasteiger partial charge in [0.05, 0.1) is 24.2 Å². The van der Waals surface area contributed by atoms with Crippen molar-refractivity contribution in [1.29, 1.82) is 0 Å². The zero-order chi connectivity index (χ0) is 20.1. The molecule has 0 amide bonds. The molecule has 0 unspecified atom stereocenters. The molecule has 154 valence electrons. The summed E-state index contributed by atoms with van der Waals surface area (Å²) in [5.74, 6) is 1.37. The van der Waals surface area contributed by atoms with Gasteiger partial charge < -0.3 is 13.8 Å². The molecule has 6 rings (SSSR count). The van der Waals surface area contributed by atoms with Gasteiger partial charge in [-0.05, 0) is 25.0 Å². The van der Waals surface area contributed by atoms with E-state index in [-0.39, 0.29) is 5.56 Å². The lowest BCUT2D eigenvalue weighted by molar-refractivity contribution is 0.0364. The molecule has 0 bridgehead atoms. The summed E-state index contributed by atoms with van der Waals surface area (Å²) in [5.41, 5.74) is 2.69. The molecule has 1 aromatic carbocycles. The fourth-order valence-electron chi connectivity index (χ4n) is 4.15. The Kier molecular flexibility index (Phi) is 4.17. The molecule has 3 aromatic heterocycles. The van der Waals surface area contributed by atoms with Gasteiger partial charge in [0.2, 0.25) is 11.7 Å². The molecule has 4 aromatic rings. The number of hydrogen-bond acceptors (Lipinski definition) is 7. The van der Waals surface area contributed by atoms with E-state index in [1.54, 1.807) is 6.33 Å². The molecule has 2 fully saturated rings. The largest absolute Gasteiger partial charge is 0.379 e. The van der Waals surface area contributed by atoms with E-state index in [0.29, 0.717) is 35.4 Å². The molecule has 0 radical (unpaired) electrons. The smallest absolute Gasteiger partial charge is 0.277 e. The minimum Gasteiger partial charge on any atom is -0.379 e. The number of morpholine rings is 1. The second-order valence-corrected chi connectivity index (χ2v) is 7.94. The molecule has 4 heterocycles. The van der Waals surface area contributed by atoms with Crippen LogP contribution in [0.15, 0.2) is 39.9 Å². The van der Waals surface area contributed by atoms with Gasteiger partial charge >= 0.3 is 0 Å². The summed E-state index contributed by atoms with van der Waals surface area (Å²) in [6.45, 7) is 4.64. The Morgan fingerprint density at radius 3 is 2.67 bits per heavy atom. The Bertz CT molecular complexity index is 1280. The first-order chi connectivity index (χ1) is 14.8. The van der Waals surface area contributed by atoms with Crippen LogP contribution in [0.2, 0.25) is 0 Å². The van der Waals surface area contributed by atoms with Crippen LogP contribution in [0, 0.1) is 0 Å². The van der Waals surface area contributed by atoms with Crippen molar-refractivity contribution in [3.8, 4) is 11.5 Å². The molecule has 1 aliphatic carbocycles. The molecule has 30 heavy (non-hydrogen) atoms. The van der Waals surface area contributed by atoms with E-state index >= 15 is 0 Å². The van der Waals surface area contributed by atoms with Crippen LogP contribution < -0.4 is 5.56 Å². The number of ether oxygens (including phenoxy) is 1. The Hall–Kier alpha value is -3.04. The van der Waals surface area contributed by atoms with Crippen LogP contribution in [-0.4, -0.2) is 61.8 Å². The molecule has 0 atom stereocenters. The standard InChI is InChI=1S/C21H22N6O3/c28-21-18-17(19-23-20(30-24-19)14-5-6-14)22-13-27(18)16-4-2-1-3-15(16)26(21)8-7-25-9-11-29-12-10-25/h1-4,13-14H,5-12H2. The molecule has 1 saturated carbocycles. The second kappa shape index (κ2) is 7.03. The van der Waals surface area contributed by atoms with Crippen LogP contribution in [-0.2, 0) is 11.3 Å². The number of para-hydroxylation sites is 2. The minimum atomic E-state index is -0.0905. The van der Waals surface area contributed by atoms with Crippen LogP contribution in [0.5, 0.6) is 0 Å². The average molecular weight is 406 g/mol. The lowest BCUT2D eigenvalue weighted by Gasteiger charge is -2.27. The van der Waals surface area contributed by atoms with Gasteiger partial charge in [0.1, 0.15) is 17.5 Å². The quantitative estimate of drug-likeness (QED) is 0.500. The van der Waals surface area contributed by atoms with Gasteiger partial charge in [-0.3, -0.25) is 14.1 Å². The summed E-state index contributed by atoms with van der Waals surface area (Å²) in [6.07, 6.45) is 3.82. The van der Waals surface area contributed by atoms with Gasteiger partial charge in [0.25, 0.3) is 5.56 Å². The zero-order valence-electron chi connectivity index (χ0n) is 16.5. The number of rotatable bonds is 5. The maximum Gasteiger partial charge on any atom is 0.277 e. The van der Waals surface area contributed by atoms with Crippen molar-refractivity contribution < 1.29 is 9.26 Å². The summed E-state index contributed by atoms with van der Waals surface area (Å²) in [6, 6.07) is 7.91. The van der Waals surface area contributed by atoms with Gasteiger partial charge in [-0.25, -0.2) is 4.98 Å². The number of benzene rings is 1. The molecule has 2 aliphatic rings. The van der Waals surface area contributed by atoms with Crippen LogP contribution in [0.3, 0.4) is 0 Å². The van der Waals surface area contributed by atoms with Gasteiger partial charge in [0.15, 0.2) is 0 Å². The van der Waals surface area contributed by atoms with Gasteiger partial charge in [-0.2, -0.15) is 4.98 Å². The normalized spacial score (nSPS) is 17.9. The maximum absolute atomic E-state index is 13.6. The molecule has 1 saturated heterocycles. The van der Waals surface area contributed by atoms with Crippen molar-refractivity contribution >= 4 is 16.6 Å². The van der Waals surface area contributed by atoms with Crippen LogP contribution in [0.25, 0.3) is 28.1 Å². The van der Waals surface area contributed by atoms with Crippen molar-refractivity contribution in [3.63, 3.8) is 0 Å². The predicted molar refractivity (Wildman–Crippen MR) is 109 cm³/mol. The molecule has 1 aliphatic heterocycles. The molecular weight excluding hydrogens is 384 g/mol. The molecule has 9 nitrogen and oxygen atoms in total. The van der Waals surface area contributed by atoms with E-state index in [2.05, 4.69) is 20.0 Å². The molecular formula is C21H22N6O3. The average Bonchev–Trinajstić information content (AvgIpc) is 3.34. The lowest BCUT2D eigenvalue weighted by Crippen LogP contribution is -2.39. The van der Waals surface area contributed by atoms with E-state index in [9.17, 15) is 4.79 Å². The van der Waals surface area contributed by atoms with Gasteiger partial charge in [-0.1, -0.05) is 17.3 Å². The fraction of sp³-hybridized carbons (Fsp3) is 0.429. The Labute approximate surface area is 171 Å². The van der Waals surface area contributed by atoms with E-state index in [1.165, 1.54) is 0 Å². The first kappa shape index (κ1) is 17.8. The number of nitrogens with zero attached hydrogens (tertiary/aromatic N) is 6. The van der Waals surface area contributed by atoms with Crippen molar-refractivity contribution in [1.82, 2.24) is 29.0 Å². The third kappa shape index (κ3) is 2.93. The topological polar surface area (TPSA) is 90.7 Å². The molecule has 0 spiro atoms. The van der Waals surface area contributed by atoms with E-state index in [0.717, 1.165) is 56.7 Å². The monoisotopic (exact) mass is 406 g/mol. The number of fused-ring (bicyclic) bond motifs is 3. The van der Waals surface area contributed by atoms with E-state index in [1.807, 2.05) is 33.2 Å². The highest BCUT2D eigenvalue weighted by Gasteiger charge is 2.31. The van der Waals surface area contributed by atoms with Crippen LogP contribution in [0.4, 0.5) is 0 Å². The summed E-state index contributed by atoms with van der Waals surface area (Å²) in [5, 5.41) is 4.11. The first-order valence-corrected chi connectivity index (χ1v) is 10.4. The highest BCUT2D eigenvalue weighted by molar-refractivity contribution is 5.83.